The maximum atomic E-state index is 12.4. The van der Waals surface area contributed by atoms with Gasteiger partial charge in [-0.1, -0.05) is 59.6 Å². The molecule has 4 rings (SSSR count). The van der Waals surface area contributed by atoms with Crippen molar-refractivity contribution < 1.29 is 4.79 Å². The number of nitrogens with one attached hydrogen (secondary N) is 2. The first kappa shape index (κ1) is 19.6. The number of carbonyl (C=O) groups excluding carboxylic acids is 1. The van der Waals surface area contributed by atoms with Crippen molar-refractivity contribution in [3.63, 3.8) is 0 Å². The third kappa shape index (κ3) is 4.50. The summed E-state index contributed by atoms with van der Waals surface area (Å²) in [5, 5.41) is 4.92. The summed E-state index contributed by atoms with van der Waals surface area (Å²) in [4.78, 5) is 17.1. The van der Waals surface area contributed by atoms with E-state index in [0.29, 0.717) is 12.1 Å². The van der Waals surface area contributed by atoms with Crippen LogP contribution in [0.15, 0.2) is 77.7 Å². The average Bonchev–Trinajstić information content (AvgIpc) is 3.10. The molecule has 0 aliphatic heterocycles. The summed E-state index contributed by atoms with van der Waals surface area (Å²) in [7, 11) is 0. The molecule has 4 aromatic rings. The number of aryl methyl sites for hydroxylation is 1. The van der Waals surface area contributed by atoms with Gasteiger partial charge in [0, 0.05) is 38.7 Å². The molecule has 0 atom stereocenters. The molecule has 1 heterocycles. The minimum absolute atomic E-state index is 0.0360. The highest BCUT2D eigenvalue weighted by atomic mass is 35.5. The summed E-state index contributed by atoms with van der Waals surface area (Å²) < 4.78 is 0. The lowest BCUT2D eigenvalue weighted by atomic mass is 10.1. The summed E-state index contributed by atoms with van der Waals surface area (Å²) in [6, 6.07) is 23.8. The molecule has 0 radical (unpaired) electrons. The van der Waals surface area contributed by atoms with E-state index >= 15 is 0 Å². The molecule has 5 heteroatoms. The Hall–Kier alpha value is -2.69. The molecule has 2 N–H and O–H groups in total. The van der Waals surface area contributed by atoms with Crippen LogP contribution in [0.5, 0.6) is 0 Å². The lowest BCUT2D eigenvalue weighted by molar-refractivity contribution is 0.0956. The van der Waals surface area contributed by atoms with Gasteiger partial charge in [0.05, 0.1) is 5.69 Å². The second-order valence-electron chi connectivity index (χ2n) is 6.86. The predicted molar refractivity (Wildman–Crippen MR) is 123 cm³/mol. The fourth-order valence-electron chi connectivity index (χ4n) is 3.29. The SMILES string of the molecule is Cc1cccc(C(=O)NCCSc2c(-c3ccc(Cl)cc3)[nH]c3ccccc23)c1. The van der Waals surface area contributed by atoms with Gasteiger partial charge in [0.2, 0.25) is 0 Å². The number of H-pyrrole nitrogens is 1. The maximum absolute atomic E-state index is 12.4. The number of fused-ring (bicyclic) bond motifs is 1. The zero-order valence-corrected chi connectivity index (χ0v) is 17.6. The Morgan fingerprint density at radius 3 is 2.62 bits per heavy atom. The number of benzene rings is 3. The van der Waals surface area contributed by atoms with Gasteiger partial charge in [0.1, 0.15) is 0 Å². The van der Waals surface area contributed by atoms with Crippen molar-refractivity contribution >= 4 is 40.2 Å². The first-order valence-corrected chi connectivity index (χ1v) is 10.8. The second kappa shape index (κ2) is 8.76. The summed E-state index contributed by atoms with van der Waals surface area (Å²) >= 11 is 7.80. The number of amides is 1. The van der Waals surface area contributed by atoms with Gasteiger partial charge >= 0.3 is 0 Å². The van der Waals surface area contributed by atoms with Crippen LogP contribution < -0.4 is 5.32 Å². The molecule has 0 bridgehead atoms. The zero-order valence-electron chi connectivity index (χ0n) is 16.0. The van der Waals surface area contributed by atoms with Crippen molar-refractivity contribution in [1.29, 1.82) is 0 Å². The molecule has 1 amide bonds. The first-order chi connectivity index (χ1) is 14.1. The van der Waals surface area contributed by atoms with Gasteiger partial charge in [-0.25, -0.2) is 0 Å². The predicted octanol–water partition coefficient (Wildman–Crippen LogP) is 6.32. The van der Waals surface area contributed by atoms with Gasteiger partial charge in [-0.3, -0.25) is 4.79 Å². The van der Waals surface area contributed by atoms with Crippen LogP contribution in [-0.2, 0) is 0 Å². The zero-order chi connectivity index (χ0) is 20.2. The number of thioether (sulfide) groups is 1. The van der Waals surface area contributed by atoms with Crippen molar-refractivity contribution in [3.8, 4) is 11.3 Å². The molecule has 0 aliphatic carbocycles. The third-order valence-corrected chi connectivity index (χ3v) is 6.08. The fraction of sp³-hybridized carbons (Fsp3) is 0.125. The van der Waals surface area contributed by atoms with Crippen LogP contribution in [-0.4, -0.2) is 23.2 Å². The second-order valence-corrected chi connectivity index (χ2v) is 8.40. The number of hydrogen-bond donors (Lipinski definition) is 2. The summed E-state index contributed by atoms with van der Waals surface area (Å²) in [5.41, 5.74) is 5.06. The third-order valence-electron chi connectivity index (χ3n) is 4.71. The van der Waals surface area contributed by atoms with E-state index in [9.17, 15) is 4.79 Å². The number of carbonyl (C=O) groups is 1. The van der Waals surface area contributed by atoms with Crippen molar-refractivity contribution in [2.24, 2.45) is 0 Å². The molecule has 0 unspecified atom stereocenters. The largest absolute Gasteiger partial charge is 0.354 e. The van der Waals surface area contributed by atoms with Crippen LogP contribution in [0.3, 0.4) is 0 Å². The highest BCUT2D eigenvalue weighted by Crippen LogP contribution is 2.37. The van der Waals surface area contributed by atoms with E-state index in [4.69, 9.17) is 11.6 Å². The fourth-order valence-corrected chi connectivity index (χ4v) is 4.47. The number of para-hydroxylation sites is 1. The molecule has 0 spiro atoms. The molecular formula is C24H21ClN2OS. The molecule has 1 aromatic heterocycles. The molecule has 3 nitrogen and oxygen atoms in total. The standard InChI is InChI=1S/C24H21ClN2OS/c1-16-5-4-6-18(15-16)24(28)26-13-14-29-23-20-7-2-3-8-21(20)27-22(23)17-9-11-19(25)12-10-17/h2-12,15,27H,13-14H2,1H3,(H,26,28). The topological polar surface area (TPSA) is 44.9 Å². The maximum Gasteiger partial charge on any atom is 0.251 e. The van der Waals surface area contributed by atoms with E-state index in [1.807, 2.05) is 67.6 Å². The van der Waals surface area contributed by atoms with Crippen LogP contribution in [0.1, 0.15) is 15.9 Å². The van der Waals surface area contributed by atoms with Gasteiger partial charge in [0.25, 0.3) is 5.91 Å². The lowest BCUT2D eigenvalue weighted by Crippen LogP contribution is -2.25. The number of hydrogen-bond acceptors (Lipinski definition) is 2. The molecule has 0 fully saturated rings. The van der Waals surface area contributed by atoms with Crippen molar-refractivity contribution in [2.45, 2.75) is 11.8 Å². The van der Waals surface area contributed by atoms with Crippen LogP contribution in [0.2, 0.25) is 5.02 Å². The van der Waals surface area contributed by atoms with E-state index in [1.54, 1.807) is 11.8 Å². The normalized spacial score (nSPS) is 11.0. The average molecular weight is 421 g/mol. The minimum atomic E-state index is -0.0360. The Morgan fingerprint density at radius 2 is 1.83 bits per heavy atom. The summed E-state index contributed by atoms with van der Waals surface area (Å²) in [6.45, 7) is 2.58. The van der Waals surface area contributed by atoms with Crippen LogP contribution in [0.4, 0.5) is 0 Å². The summed E-state index contributed by atoms with van der Waals surface area (Å²) in [5.74, 6) is 0.742. The molecule has 0 aliphatic rings. The van der Waals surface area contributed by atoms with E-state index in [-0.39, 0.29) is 5.91 Å². The van der Waals surface area contributed by atoms with E-state index in [1.165, 1.54) is 10.3 Å². The molecule has 29 heavy (non-hydrogen) atoms. The van der Waals surface area contributed by atoms with E-state index in [0.717, 1.165) is 33.1 Å². The Balaban J connectivity index is 1.49. The number of rotatable bonds is 6. The quantitative estimate of drug-likeness (QED) is 0.283. The van der Waals surface area contributed by atoms with Gasteiger partial charge in [-0.15, -0.1) is 11.8 Å². The molecule has 0 saturated heterocycles. The smallest absolute Gasteiger partial charge is 0.251 e. The highest BCUT2D eigenvalue weighted by molar-refractivity contribution is 7.99. The number of aromatic nitrogens is 1. The monoisotopic (exact) mass is 420 g/mol. The molecule has 3 aromatic carbocycles. The Labute approximate surface area is 179 Å². The van der Waals surface area contributed by atoms with Gasteiger partial charge < -0.3 is 10.3 Å². The molecule has 146 valence electrons. The molecule has 0 saturated carbocycles. The lowest BCUT2D eigenvalue weighted by Gasteiger charge is -2.08. The molecular weight excluding hydrogens is 400 g/mol. The van der Waals surface area contributed by atoms with E-state index < -0.39 is 0 Å². The Bertz CT molecular complexity index is 1150. The number of aromatic amines is 1. The van der Waals surface area contributed by atoms with Gasteiger partial charge in [-0.05, 0) is 42.8 Å². The minimum Gasteiger partial charge on any atom is -0.354 e. The van der Waals surface area contributed by atoms with Crippen molar-refractivity contribution in [1.82, 2.24) is 10.3 Å². The van der Waals surface area contributed by atoms with Crippen molar-refractivity contribution in [2.75, 3.05) is 12.3 Å². The van der Waals surface area contributed by atoms with Crippen LogP contribution in [0.25, 0.3) is 22.2 Å². The highest BCUT2D eigenvalue weighted by Gasteiger charge is 2.14. The Morgan fingerprint density at radius 1 is 1.03 bits per heavy atom. The van der Waals surface area contributed by atoms with Crippen LogP contribution >= 0.6 is 23.4 Å². The van der Waals surface area contributed by atoms with Crippen molar-refractivity contribution in [3.05, 3.63) is 88.9 Å². The Kier molecular flexibility index (Phi) is 5.93. The van der Waals surface area contributed by atoms with Gasteiger partial charge in [0.15, 0.2) is 0 Å². The van der Waals surface area contributed by atoms with Gasteiger partial charge in [-0.2, -0.15) is 0 Å². The van der Waals surface area contributed by atoms with E-state index in [2.05, 4.69) is 22.4 Å². The summed E-state index contributed by atoms with van der Waals surface area (Å²) in [6.07, 6.45) is 0. The van der Waals surface area contributed by atoms with Crippen LogP contribution in [0, 0.1) is 6.92 Å². The first-order valence-electron chi connectivity index (χ1n) is 9.46. The number of halogens is 1.